The van der Waals surface area contributed by atoms with Crippen LogP contribution in [0.4, 0.5) is 10.1 Å². The van der Waals surface area contributed by atoms with Gasteiger partial charge in [0.25, 0.3) is 0 Å². The molecule has 0 radical (unpaired) electrons. The van der Waals surface area contributed by atoms with Gasteiger partial charge in [-0.25, -0.2) is 4.39 Å². The van der Waals surface area contributed by atoms with E-state index in [4.69, 9.17) is 0 Å². The summed E-state index contributed by atoms with van der Waals surface area (Å²) in [4.78, 5) is 4.90. The Hall–Kier alpha value is -1.13. The van der Waals surface area contributed by atoms with E-state index in [1.165, 1.54) is 32.0 Å². The summed E-state index contributed by atoms with van der Waals surface area (Å²) in [6.07, 6.45) is 3.15. The van der Waals surface area contributed by atoms with Crippen molar-refractivity contribution in [3.05, 3.63) is 29.1 Å². The molecule has 0 aromatic heterocycles. The number of benzene rings is 1. The minimum atomic E-state index is -0.638. The van der Waals surface area contributed by atoms with Gasteiger partial charge in [-0.15, -0.1) is 0 Å². The molecule has 0 bridgehead atoms. The first kappa shape index (κ1) is 14.8. The van der Waals surface area contributed by atoms with Crippen molar-refractivity contribution < 1.29 is 9.50 Å². The third-order valence-electron chi connectivity index (χ3n) is 4.92. The highest BCUT2D eigenvalue weighted by molar-refractivity contribution is 5.57. The van der Waals surface area contributed by atoms with Crippen molar-refractivity contribution in [2.75, 3.05) is 31.1 Å². The van der Waals surface area contributed by atoms with E-state index in [0.717, 1.165) is 25.2 Å². The number of likely N-dealkylation sites (tertiary alicyclic amines) is 1. The lowest BCUT2D eigenvalue weighted by Gasteiger charge is -2.27. The molecule has 21 heavy (non-hydrogen) atoms. The topological polar surface area (TPSA) is 26.7 Å². The summed E-state index contributed by atoms with van der Waals surface area (Å²) in [6.45, 7) is 7.91. The molecule has 2 heterocycles. The van der Waals surface area contributed by atoms with Gasteiger partial charge < -0.3 is 10.0 Å². The summed E-state index contributed by atoms with van der Waals surface area (Å²) in [5, 5.41) is 9.95. The number of nitrogens with zero attached hydrogens (tertiary/aromatic N) is 2. The van der Waals surface area contributed by atoms with E-state index >= 15 is 0 Å². The quantitative estimate of drug-likeness (QED) is 0.928. The van der Waals surface area contributed by atoms with Crippen LogP contribution in [0.25, 0.3) is 0 Å². The van der Waals surface area contributed by atoms with E-state index in [1.807, 2.05) is 6.07 Å². The van der Waals surface area contributed by atoms with E-state index in [-0.39, 0.29) is 5.82 Å². The van der Waals surface area contributed by atoms with Gasteiger partial charge in [-0.2, -0.15) is 0 Å². The standard InChI is InChI=1S/C17H25FN2O/c1-12-9-17(15(13(2)21)10-16(12)18)20-8-5-14(11-20)19-6-3-4-7-19/h9-10,13-14,21H,3-8,11H2,1-2H3/t13-,14?/m1/s1. The third kappa shape index (κ3) is 2.92. The van der Waals surface area contributed by atoms with Crippen LogP contribution in [0.2, 0.25) is 0 Å². The monoisotopic (exact) mass is 292 g/mol. The van der Waals surface area contributed by atoms with E-state index in [1.54, 1.807) is 13.8 Å². The molecule has 2 aliphatic rings. The van der Waals surface area contributed by atoms with Crippen molar-refractivity contribution in [3.63, 3.8) is 0 Å². The zero-order valence-electron chi connectivity index (χ0n) is 13.0. The Labute approximate surface area is 126 Å². The summed E-state index contributed by atoms with van der Waals surface area (Å²) in [7, 11) is 0. The fourth-order valence-corrected chi connectivity index (χ4v) is 3.66. The molecule has 116 valence electrons. The zero-order chi connectivity index (χ0) is 15.0. The van der Waals surface area contributed by atoms with E-state index < -0.39 is 6.10 Å². The maximum atomic E-state index is 13.8. The second kappa shape index (κ2) is 5.93. The lowest BCUT2D eigenvalue weighted by Crippen LogP contribution is -2.35. The molecule has 1 N–H and O–H groups in total. The number of hydrogen-bond donors (Lipinski definition) is 1. The lowest BCUT2D eigenvalue weighted by atomic mass is 10.0. The SMILES string of the molecule is Cc1cc(N2CCC(N3CCCC3)C2)c([C@@H](C)O)cc1F. The highest BCUT2D eigenvalue weighted by Gasteiger charge is 2.30. The number of rotatable bonds is 3. The fourth-order valence-electron chi connectivity index (χ4n) is 3.66. The number of aliphatic hydroxyl groups excluding tert-OH is 1. The van der Waals surface area contributed by atoms with Crippen LogP contribution in [-0.2, 0) is 0 Å². The molecule has 0 saturated carbocycles. The van der Waals surface area contributed by atoms with E-state index in [9.17, 15) is 9.50 Å². The van der Waals surface area contributed by atoms with Gasteiger partial charge in [0.2, 0.25) is 0 Å². The van der Waals surface area contributed by atoms with Crippen molar-refractivity contribution in [3.8, 4) is 0 Å². The molecule has 2 saturated heterocycles. The molecule has 1 aromatic carbocycles. The number of hydrogen-bond acceptors (Lipinski definition) is 3. The van der Waals surface area contributed by atoms with Crippen molar-refractivity contribution in [2.45, 2.75) is 45.3 Å². The predicted molar refractivity (Wildman–Crippen MR) is 83.2 cm³/mol. The minimum Gasteiger partial charge on any atom is -0.389 e. The number of aryl methyl sites for hydroxylation is 1. The Balaban J connectivity index is 1.82. The van der Waals surface area contributed by atoms with Crippen LogP contribution >= 0.6 is 0 Å². The van der Waals surface area contributed by atoms with Crippen molar-refractivity contribution in [1.29, 1.82) is 0 Å². The van der Waals surface area contributed by atoms with Gasteiger partial charge in [0, 0.05) is 30.4 Å². The first-order valence-electron chi connectivity index (χ1n) is 8.03. The van der Waals surface area contributed by atoms with Crippen LogP contribution in [0, 0.1) is 12.7 Å². The normalized spacial score (nSPS) is 24.8. The molecule has 2 aliphatic heterocycles. The maximum absolute atomic E-state index is 13.8. The van der Waals surface area contributed by atoms with Gasteiger partial charge in [-0.05, 0) is 63.9 Å². The van der Waals surface area contributed by atoms with Crippen LogP contribution < -0.4 is 4.90 Å². The van der Waals surface area contributed by atoms with E-state index in [2.05, 4.69) is 9.80 Å². The van der Waals surface area contributed by atoms with Gasteiger partial charge in [0.05, 0.1) is 6.10 Å². The van der Waals surface area contributed by atoms with Crippen LogP contribution in [0.15, 0.2) is 12.1 Å². The van der Waals surface area contributed by atoms with Gasteiger partial charge in [0.15, 0.2) is 0 Å². The fraction of sp³-hybridized carbons (Fsp3) is 0.647. The Morgan fingerprint density at radius 3 is 2.62 bits per heavy atom. The molecule has 1 aromatic rings. The molecule has 2 fully saturated rings. The average Bonchev–Trinajstić information content (AvgIpc) is 3.10. The van der Waals surface area contributed by atoms with Crippen molar-refractivity contribution in [2.24, 2.45) is 0 Å². The molecule has 0 aliphatic carbocycles. The van der Waals surface area contributed by atoms with Gasteiger partial charge in [0.1, 0.15) is 5.82 Å². The summed E-state index contributed by atoms with van der Waals surface area (Å²) in [5.41, 5.74) is 2.37. The minimum absolute atomic E-state index is 0.232. The largest absolute Gasteiger partial charge is 0.389 e. The van der Waals surface area contributed by atoms with Crippen LogP contribution in [0.3, 0.4) is 0 Å². The maximum Gasteiger partial charge on any atom is 0.126 e. The summed E-state index contributed by atoms with van der Waals surface area (Å²) in [5.74, 6) is -0.232. The lowest BCUT2D eigenvalue weighted by molar-refractivity contribution is 0.199. The predicted octanol–water partition coefficient (Wildman–Crippen LogP) is 2.86. The first-order valence-corrected chi connectivity index (χ1v) is 8.03. The van der Waals surface area contributed by atoms with Crippen LogP contribution in [0.1, 0.15) is 43.4 Å². The Bertz CT molecular complexity index is 512. The molecule has 3 nitrogen and oxygen atoms in total. The summed E-state index contributed by atoms with van der Waals surface area (Å²) in [6, 6.07) is 4.00. The third-order valence-corrected chi connectivity index (χ3v) is 4.92. The Kier molecular flexibility index (Phi) is 4.18. The molecule has 1 unspecified atom stereocenters. The van der Waals surface area contributed by atoms with Gasteiger partial charge in [-0.3, -0.25) is 4.90 Å². The molecule has 2 atom stereocenters. The molecule has 0 amide bonds. The Morgan fingerprint density at radius 1 is 1.24 bits per heavy atom. The van der Waals surface area contributed by atoms with Gasteiger partial charge in [-0.1, -0.05) is 0 Å². The zero-order valence-corrected chi connectivity index (χ0v) is 13.0. The second-order valence-corrected chi connectivity index (χ2v) is 6.47. The van der Waals surface area contributed by atoms with Crippen molar-refractivity contribution >= 4 is 5.69 Å². The molecule has 0 spiro atoms. The smallest absolute Gasteiger partial charge is 0.126 e. The number of anilines is 1. The first-order chi connectivity index (χ1) is 10.1. The number of halogens is 1. The van der Waals surface area contributed by atoms with Crippen molar-refractivity contribution in [1.82, 2.24) is 4.90 Å². The van der Waals surface area contributed by atoms with Gasteiger partial charge >= 0.3 is 0 Å². The van der Waals surface area contributed by atoms with E-state index in [0.29, 0.717) is 17.2 Å². The molecular weight excluding hydrogens is 267 g/mol. The highest BCUT2D eigenvalue weighted by atomic mass is 19.1. The molecular formula is C17H25FN2O. The molecule has 3 rings (SSSR count). The van der Waals surface area contributed by atoms with Crippen LogP contribution in [0.5, 0.6) is 0 Å². The highest BCUT2D eigenvalue weighted by Crippen LogP contribution is 2.33. The number of aliphatic hydroxyl groups is 1. The summed E-state index contributed by atoms with van der Waals surface area (Å²) < 4.78 is 13.8. The average molecular weight is 292 g/mol. The van der Waals surface area contributed by atoms with Crippen LogP contribution in [-0.4, -0.2) is 42.2 Å². The Morgan fingerprint density at radius 2 is 1.95 bits per heavy atom. The summed E-state index contributed by atoms with van der Waals surface area (Å²) >= 11 is 0. The second-order valence-electron chi connectivity index (χ2n) is 6.47. The molecule has 4 heteroatoms.